The van der Waals surface area contributed by atoms with E-state index in [0.29, 0.717) is 17.5 Å². The topological polar surface area (TPSA) is 50.7 Å². The zero-order chi connectivity index (χ0) is 11.9. The Morgan fingerprint density at radius 3 is 2.56 bits per heavy atom. The fourth-order valence-electron chi connectivity index (χ4n) is 2.00. The maximum atomic E-state index is 11.7. The monoisotopic (exact) mass is 219 g/mol. The molecular weight excluding hydrogens is 202 g/mol. The van der Waals surface area contributed by atoms with Crippen molar-refractivity contribution in [2.45, 2.75) is 39.7 Å². The van der Waals surface area contributed by atoms with Crippen LogP contribution in [0.1, 0.15) is 45.5 Å². The highest BCUT2D eigenvalue weighted by Crippen LogP contribution is 2.23. The molecule has 2 aromatic rings. The minimum Gasteiger partial charge on any atom is -0.327 e. The molecule has 0 saturated heterocycles. The van der Waals surface area contributed by atoms with E-state index in [-0.39, 0.29) is 5.56 Å². The van der Waals surface area contributed by atoms with E-state index in [4.69, 9.17) is 0 Å². The fraction of sp³-hybridized carbons (Fsp3) is 0.500. The van der Waals surface area contributed by atoms with Gasteiger partial charge >= 0.3 is 0 Å². The third-order valence-corrected chi connectivity index (χ3v) is 2.68. The van der Waals surface area contributed by atoms with Crippen LogP contribution in [-0.4, -0.2) is 14.5 Å². The molecule has 4 nitrogen and oxygen atoms in total. The van der Waals surface area contributed by atoms with Gasteiger partial charge in [-0.1, -0.05) is 13.8 Å². The molecule has 0 atom stereocenters. The van der Waals surface area contributed by atoms with Crippen LogP contribution in [0, 0.1) is 0 Å². The van der Waals surface area contributed by atoms with Gasteiger partial charge in [-0.15, -0.1) is 0 Å². The molecule has 2 aromatic heterocycles. The van der Waals surface area contributed by atoms with Crippen LogP contribution in [-0.2, 0) is 0 Å². The summed E-state index contributed by atoms with van der Waals surface area (Å²) in [5, 5.41) is 0. The van der Waals surface area contributed by atoms with Crippen LogP contribution in [0.3, 0.4) is 0 Å². The largest absolute Gasteiger partial charge is 0.327 e. The quantitative estimate of drug-likeness (QED) is 0.843. The van der Waals surface area contributed by atoms with Crippen LogP contribution in [0.25, 0.3) is 11.0 Å². The van der Waals surface area contributed by atoms with Crippen molar-refractivity contribution in [2.75, 3.05) is 0 Å². The molecule has 16 heavy (non-hydrogen) atoms. The van der Waals surface area contributed by atoms with Crippen LogP contribution in [0.5, 0.6) is 0 Å². The average Bonchev–Trinajstić information content (AvgIpc) is 2.58. The summed E-state index contributed by atoms with van der Waals surface area (Å²) in [5.74, 6) is 1.29. The third kappa shape index (κ3) is 1.54. The number of hydrogen-bond acceptors (Lipinski definition) is 2. The number of nitrogens with one attached hydrogen (secondary N) is 1. The Hall–Kier alpha value is -1.58. The van der Waals surface area contributed by atoms with E-state index in [1.165, 1.54) is 0 Å². The predicted octanol–water partition coefficient (Wildman–Crippen LogP) is 2.43. The van der Waals surface area contributed by atoms with Gasteiger partial charge in [-0.05, 0) is 19.9 Å². The van der Waals surface area contributed by atoms with Gasteiger partial charge in [0.2, 0.25) is 0 Å². The lowest BCUT2D eigenvalue weighted by molar-refractivity contribution is 0.564. The van der Waals surface area contributed by atoms with Crippen molar-refractivity contribution in [1.82, 2.24) is 14.5 Å². The molecule has 2 rings (SSSR count). The number of nitrogens with zero attached hydrogens (tertiary/aromatic N) is 2. The van der Waals surface area contributed by atoms with Crippen molar-refractivity contribution < 1.29 is 0 Å². The molecule has 0 aliphatic rings. The summed E-state index contributed by atoms with van der Waals surface area (Å²) < 4.78 is 2.13. The second-order valence-electron chi connectivity index (χ2n) is 4.63. The predicted molar refractivity (Wildman–Crippen MR) is 64.8 cm³/mol. The molecule has 86 valence electrons. The Bertz CT molecular complexity index is 563. The molecule has 0 radical (unpaired) electrons. The molecule has 0 unspecified atom stereocenters. The van der Waals surface area contributed by atoms with E-state index in [0.717, 1.165) is 11.3 Å². The van der Waals surface area contributed by atoms with Gasteiger partial charge in [0, 0.05) is 18.2 Å². The molecule has 2 heterocycles. The summed E-state index contributed by atoms with van der Waals surface area (Å²) in [7, 11) is 0. The van der Waals surface area contributed by atoms with Gasteiger partial charge < -0.3 is 9.55 Å². The van der Waals surface area contributed by atoms with Crippen LogP contribution < -0.4 is 5.56 Å². The average molecular weight is 219 g/mol. The van der Waals surface area contributed by atoms with E-state index < -0.39 is 0 Å². The molecule has 0 fully saturated rings. The van der Waals surface area contributed by atoms with E-state index >= 15 is 0 Å². The smallest absolute Gasteiger partial charge is 0.276 e. The molecule has 0 spiro atoms. The summed E-state index contributed by atoms with van der Waals surface area (Å²) >= 11 is 0. The standard InChI is InChI=1S/C12H17N3O/c1-7(2)11-14-10-9(15(11)8(3)4)5-6-13-12(10)16/h5-8H,1-4H3,(H,13,16). The lowest BCUT2D eigenvalue weighted by Gasteiger charge is -2.14. The first kappa shape index (κ1) is 10.9. The Kier molecular flexibility index (Phi) is 2.58. The number of rotatable bonds is 2. The normalized spacial score (nSPS) is 11.9. The second-order valence-corrected chi connectivity index (χ2v) is 4.63. The van der Waals surface area contributed by atoms with Crippen molar-refractivity contribution in [2.24, 2.45) is 0 Å². The first-order valence-corrected chi connectivity index (χ1v) is 5.62. The zero-order valence-corrected chi connectivity index (χ0v) is 10.1. The van der Waals surface area contributed by atoms with Crippen LogP contribution in [0.2, 0.25) is 0 Å². The summed E-state index contributed by atoms with van der Waals surface area (Å²) in [6.07, 6.45) is 1.68. The van der Waals surface area contributed by atoms with E-state index in [1.54, 1.807) is 6.20 Å². The van der Waals surface area contributed by atoms with E-state index in [1.807, 2.05) is 6.07 Å². The van der Waals surface area contributed by atoms with E-state index in [2.05, 4.69) is 42.2 Å². The number of pyridine rings is 1. The number of H-pyrrole nitrogens is 1. The summed E-state index contributed by atoms with van der Waals surface area (Å²) in [4.78, 5) is 18.8. The number of aromatic amines is 1. The summed E-state index contributed by atoms with van der Waals surface area (Å²) in [5.41, 5.74) is 1.35. The number of aromatic nitrogens is 3. The SMILES string of the molecule is CC(C)c1nc2c(=O)[nH]ccc2n1C(C)C. The first-order chi connectivity index (χ1) is 7.52. The lowest BCUT2D eigenvalue weighted by atomic mass is 10.2. The Balaban J connectivity index is 2.86. The molecule has 0 amide bonds. The van der Waals surface area contributed by atoms with Gasteiger partial charge in [-0.3, -0.25) is 4.79 Å². The third-order valence-electron chi connectivity index (χ3n) is 2.68. The zero-order valence-electron chi connectivity index (χ0n) is 10.1. The van der Waals surface area contributed by atoms with Gasteiger partial charge in [0.05, 0.1) is 5.52 Å². The Morgan fingerprint density at radius 1 is 1.31 bits per heavy atom. The second kappa shape index (κ2) is 3.77. The van der Waals surface area contributed by atoms with Gasteiger partial charge in [0.1, 0.15) is 5.82 Å². The molecule has 0 aliphatic heterocycles. The number of fused-ring (bicyclic) bond motifs is 1. The van der Waals surface area contributed by atoms with Crippen molar-refractivity contribution in [3.8, 4) is 0 Å². The molecule has 0 bridgehead atoms. The van der Waals surface area contributed by atoms with Crippen LogP contribution in [0.4, 0.5) is 0 Å². The maximum absolute atomic E-state index is 11.7. The van der Waals surface area contributed by atoms with Crippen molar-refractivity contribution in [3.63, 3.8) is 0 Å². The Morgan fingerprint density at radius 2 is 2.00 bits per heavy atom. The van der Waals surface area contributed by atoms with Crippen LogP contribution >= 0.6 is 0 Å². The van der Waals surface area contributed by atoms with E-state index in [9.17, 15) is 4.79 Å². The maximum Gasteiger partial charge on any atom is 0.276 e. The summed E-state index contributed by atoms with van der Waals surface area (Å²) in [6.45, 7) is 8.39. The highest BCUT2D eigenvalue weighted by atomic mass is 16.1. The molecule has 1 N–H and O–H groups in total. The molecule has 4 heteroatoms. The first-order valence-electron chi connectivity index (χ1n) is 5.62. The van der Waals surface area contributed by atoms with Crippen molar-refractivity contribution >= 4 is 11.0 Å². The number of hydrogen-bond donors (Lipinski definition) is 1. The molecule has 0 aromatic carbocycles. The van der Waals surface area contributed by atoms with Gasteiger partial charge in [0.25, 0.3) is 5.56 Å². The minimum absolute atomic E-state index is 0.112. The number of imidazole rings is 1. The highest BCUT2D eigenvalue weighted by Gasteiger charge is 2.16. The molecule has 0 aliphatic carbocycles. The van der Waals surface area contributed by atoms with Crippen molar-refractivity contribution in [1.29, 1.82) is 0 Å². The van der Waals surface area contributed by atoms with Gasteiger partial charge in [-0.25, -0.2) is 4.98 Å². The lowest BCUT2D eigenvalue weighted by Crippen LogP contribution is -2.08. The van der Waals surface area contributed by atoms with Crippen molar-refractivity contribution in [3.05, 3.63) is 28.4 Å². The minimum atomic E-state index is -0.112. The fourth-order valence-corrected chi connectivity index (χ4v) is 2.00. The molecule has 0 saturated carbocycles. The van der Waals surface area contributed by atoms with Gasteiger partial charge in [-0.2, -0.15) is 0 Å². The Labute approximate surface area is 94.3 Å². The summed E-state index contributed by atoms with van der Waals surface area (Å²) in [6, 6.07) is 2.22. The molecular formula is C12H17N3O. The van der Waals surface area contributed by atoms with Gasteiger partial charge in [0.15, 0.2) is 5.52 Å². The van der Waals surface area contributed by atoms with Crippen LogP contribution in [0.15, 0.2) is 17.1 Å². The highest BCUT2D eigenvalue weighted by molar-refractivity contribution is 5.74.